The molecule has 0 unspecified atom stereocenters. The minimum atomic E-state index is -0.0333. The number of anilines is 2. The first-order valence-corrected chi connectivity index (χ1v) is 10.8. The third-order valence-corrected chi connectivity index (χ3v) is 6.03. The van der Waals surface area contributed by atoms with Crippen molar-refractivity contribution in [3.8, 4) is 5.75 Å². The van der Waals surface area contributed by atoms with Crippen LogP contribution in [0.15, 0.2) is 54.6 Å². The number of nitrogens with one attached hydrogen (secondary N) is 1. The Morgan fingerprint density at radius 1 is 1.03 bits per heavy atom. The predicted molar refractivity (Wildman–Crippen MR) is 119 cm³/mol. The molecule has 1 aliphatic rings. The maximum atomic E-state index is 12.4. The Hall–Kier alpha value is -2.97. The van der Waals surface area contributed by atoms with Gasteiger partial charge in [0.1, 0.15) is 10.8 Å². The highest BCUT2D eigenvalue weighted by molar-refractivity contribution is 7.15. The van der Waals surface area contributed by atoms with Crippen LogP contribution in [-0.4, -0.2) is 60.8 Å². The van der Waals surface area contributed by atoms with E-state index >= 15 is 0 Å². The minimum Gasteiger partial charge on any atom is -0.495 e. The minimum absolute atomic E-state index is 0.0333. The van der Waals surface area contributed by atoms with Gasteiger partial charge in [-0.2, -0.15) is 0 Å². The maximum Gasteiger partial charge on any atom is 0.238 e. The molecular weight excluding hydrogens is 398 g/mol. The molecule has 2 aromatic carbocycles. The molecule has 0 atom stereocenters. The maximum absolute atomic E-state index is 12.4. The van der Waals surface area contributed by atoms with Gasteiger partial charge in [0.05, 0.1) is 19.3 Å². The van der Waals surface area contributed by atoms with Gasteiger partial charge in [0, 0.05) is 32.6 Å². The van der Waals surface area contributed by atoms with E-state index in [1.54, 1.807) is 18.4 Å². The summed E-state index contributed by atoms with van der Waals surface area (Å²) in [5.74, 6) is 0.632. The molecule has 0 spiro atoms. The van der Waals surface area contributed by atoms with Gasteiger partial charge < -0.3 is 15.0 Å². The van der Waals surface area contributed by atoms with Crippen molar-refractivity contribution in [3.63, 3.8) is 0 Å². The lowest BCUT2D eigenvalue weighted by atomic mass is 10.2. The molecule has 1 aromatic heterocycles. The molecule has 1 amide bonds. The smallest absolute Gasteiger partial charge is 0.238 e. The summed E-state index contributed by atoms with van der Waals surface area (Å²) in [6, 6.07) is 17.8. The van der Waals surface area contributed by atoms with Crippen LogP contribution in [0, 0.1) is 0 Å². The van der Waals surface area contributed by atoms with Crippen LogP contribution >= 0.6 is 11.3 Å². The molecule has 3 aromatic rings. The molecule has 0 radical (unpaired) electrons. The van der Waals surface area contributed by atoms with Gasteiger partial charge in [-0.25, -0.2) is 0 Å². The Kier molecular flexibility index (Phi) is 6.56. The molecule has 4 rings (SSSR count). The summed E-state index contributed by atoms with van der Waals surface area (Å²) in [6.45, 7) is 3.66. The van der Waals surface area contributed by atoms with E-state index in [1.165, 1.54) is 5.56 Å². The standard InChI is InChI=1S/C22H25N5O2S/c1-29-19-10-6-5-9-18(19)23-20(28)16-26-11-13-27(14-12-26)22-25-24-21(30-22)15-17-7-3-2-4-8-17/h2-10H,11-16H2,1H3,(H,23,28). The summed E-state index contributed by atoms with van der Waals surface area (Å²) in [5.41, 5.74) is 1.94. The lowest BCUT2D eigenvalue weighted by Gasteiger charge is -2.33. The highest BCUT2D eigenvalue weighted by Gasteiger charge is 2.22. The number of hydrogen-bond acceptors (Lipinski definition) is 7. The Morgan fingerprint density at radius 3 is 2.53 bits per heavy atom. The average molecular weight is 424 g/mol. The second-order valence-electron chi connectivity index (χ2n) is 7.15. The third-order valence-electron chi connectivity index (χ3n) is 5.05. The fourth-order valence-electron chi connectivity index (χ4n) is 3.45. The summed E-state index contributed by atoms with van der Waals surface area (Å²) >= 11 is 1.65. The number of methoxy groups -OCH3 is 1. The zero-order valence-corrected chi connectivity index (χ0v) is 17.8. The van der Waals surface area contributed by atoms with Crippen LogP contribution in [0.5, 0.6) is 5.75 Å². The molecule has 1 fully saturated rings. The number of nitrogens with zero attached hydrogens (tertiary/aromatic N) is 4. The van der Waals surface area contributed by atoms with E-state index in [-0.39, 0.29) is 5.91 Å². The second kappa shape index (κ2) is 9.69. The van der Waals surface area contributed by atoms with Gasteiger partial charge >= 0.3 is 0 Å². The van der Waals surface area contributed by atoms with Crippen LogP contribution in [-0.2, 0) is 11.2 Å². The molecule has 8 heteroatoms. The lowest BCUT2D eigenvalue weighted by molar-refractivity contribution is -0.117. The zero-order chi connectivity index (χ0) is 20.8. The Bertz CT molecular complexity index is 970. The topological polar surface area (TPSA) is 70.6 Å². The van der Waals surface area contributed by atoms with E-state index in [0.29, 0.717) is 18.0 Å². The fourth-order valence-corrected chi connectivity index (χ4v) is 4.38. The van der Waals surface area contributed by atoms with Crippen molar-refractivity contribution in [1.82, 2.24) is 15.1 Å². The Labute approximate surface area is 180 Å². The van der Waals surface area contributed by atoms with Gasteiger partial charge in [0.25, 0.3) is 0 Å². The number of aromatic nitrogens is 2. The van der Waals surface area contributed by atoms with Crippen LogP contribution in [0.1, 0.15) is 10.6 Å². The van der Waals surface area contributed by atoms with E-state index in [0.717, 1.165) is 42.7 Å². The van der Waals surface area contributed by atoms with Crippen LogP contribution in [0.3, 0.4) is 0 Å². The molecule has 7 nitrogen and oxygen atoms in total. The van der Waals surface area contributed by atoms with Gasteiger partial charge in [-0.05, 0) is 17.7 Å². The van der Waals surface area contributed by atoms with Crippen molar-refractivity contribution < 1.29 is 9.53 Å². The number of piperazine rings is 1. The molecule has 1 aliphatic heterocycles. The Morgan fingerprint density at radius 2 is 1.77 bits per heavy atom. The molecule has 0 saturated carbocycles. The number of benzene rings is 2. The first-order chi connectivity index (χ1) is 14.7. The number of carbonyl (C=O) groups is 1. The normalized spacial score (nSPS) is 14.5. The van der Waals surface area contributed by atoms with Crippen molar-refractivity contribution in [1.29, 1.82) is 0 Å². The molecule has 0 bridgehead atoms. The van der Waals surface area contributed by atoms with Crippen LogP contribution < -0.4 is 15.0 Å². The third kappa shape index (κ3) is 5.14. The Balaban J connectivity index is 1.26. The monoisotopic (exact) mass is 423 g/mol. The summed E-state index contributed by atoms with van der Waals surface area (Å²) in [7, 11) is 1.60. The first kappa shape index (κ1) is 20.3. The summed E-state index contributed by atoms with van der Waals surface area (Å²) < 4.78 is 5.29. The first-order valence-electron chi connectivity index (χ1n) is 9.98. The van der Waals surface area contributed by atoms with E-state index in [1.807, 2.05) is 42.5 Å². The van der Waals surface area contributed by atoms with Crippen molar-refractivity contribution in [3.05, 3.63) is 65.2 Å². The van der Waals surface area contributed by atoms with E-state index in [2.05, 4.69) is 37.4 Å². The molecule has 1 N–H and O–H groups in total. The second-order valence-corrected chi connectivity index (χ2v) is 8.19. The van der Waals surface area contributed by atoms with Crippen LogP contribution in [0.25, 0.3) is 0 Å². The molecule has 30 heavy (non-hydrogen) atoms. The molecule has 0 aliphatic carbocycles. The molecule has 2 heterocycles. The quantitative estimate of drug-likeness (QED) is 0.630. The SMILES string of the molecule is COc1ccccc1NC(=O)CN1CCN(c2nnc(Cc3ccccc3)s2)CC1. The number of rotatable bonds is 7. The summed E-state index contributed by atoms with van der Waals surface area (Å²) in [6.07, 6.45) is 0.807. The van der Waals surface area contributed by atoms with Gasteiger partial charge in [0.15, 0.2) is 0 Å². The number of ether oxygens (including phenoxy) is 1. The highest BCUT2D eigenvalue weighted by atomic mass is 32.1. The number of carbonyl (C=O) groups excluding carboxylic acids is 1. The van der Waals surface area contributed by atoms with Gasteiger partial charge in [0.2, 0.25) is 11.0 Å². The number of para-hydroxylation sites is 2. The van der Waals surface area contributed by atoms with Gasteiger partial charge in [-0.3, -0.25) is 9.69 Å². The summed E-state index contributed by atoms with van der Waals surface area (Å²) in [4.78, 5) is 16.8. The van der Waals surface area contributed by atoms with Crippen molar-refractivity contribution >= 4 is 28.1 Å². The molecule has 1 saturated heterocycles. The zero-order valence-electron chi connectivity index (χ0n) is 17.0. The predicted octanol–water partition coefficient (Wildman–Crippen LogP) is 2.90. The lowest BCUT2D eigenvalue weighted by Crippen LogP contribution is -2.48. The van der Waals surface area contributed by atoms with E-state index in [4.69, 9.17) is 4.74 Å². The number of amides is 1. The number of hydrogen-bond donors (Lipinski definition) is 1. The summed E-state index contributed by atoms with van der Waals surface area (Å²) in [5, 5.41) is 13.7. The van der Waals surface area contributed by atoms with Gasteiger partial charge in [-0.15, -0.1) is 10.2 Å². The average Bonchev–Trinajstić information content (AvgIpc) is 3.24. The van der Waals surface area contributed by atoms with Crippen molar-refractivity contribution in [2.45, 2.75) is 6.42 Å². The largest absolute Gasteiger partial charge is 0.495 e. The van der Waals surface area contributed by atoms with E-state index < -0.39 is 0 Å². The fraction of sp³-hybridized carbons (Fsp3) is 0.318. The van der Waals surface area contributed by atoms with Crippen LogP contribution in [0.2, 0.25) is 0 Å². The van der Waals surface area contributed by atoms with Gasteiger partial charge in [-0.1, -0.05) is 53.8 Å². The highest BCUT2D eigenvalue weighted by Crippen LogP contribution is 2.24. The van der Waals surface area contributed by atoms with E-state index in [9.17, 15) is 4.79 Å². The van der Waals surface area contributed by atoms with Crippen molar-refractivity contribution in [2.75, 3.05) is 50.1 Å². The van der Waals surface area contributed by atoms with Crippen LogP contribution in [0.4, 0.5) is 10.8 Å². The molecule has 156 valence electrons. The molecular formula is C22H25N5O2S. The van der Waals surface area contributed by atoms with Crippen molar-refractivity contribution in [2.24, 2.45) is 0 Å².